The van der Waals surface area contributed by atoms with Crippen LogP contribution in [-0.2, 0) is 11.8 Å². The molecule has 0 radical (unpaired) electrons. The predicted octanol–water partition coefficient (Wildman–Crippen LogP) is 1.06. The van der Waals surface area contributed by atoms with Gasteiger partial charge in [-0.25, -0.2) is 4.39 Å². The van der Waals surface area contributed by atoms with Gasteiger partial charge in [0.1, 0.15) is 18.2 Å². The molecule has 6 nitrogen and oxygen atoms in total. The van der Waals surface area contributed by atoms with Gasteiger partial charge in [-0.3, -0.25) is 4.90 Å². The molecule has 1 aromatic carbocycles. The quantitative estimate of drug-likeness (QED) is 0.915. The second kappa shape index (κ2) is 6.51. The Hall–Kier alpha value is -1.83. The Morgan fingerprint density at radius 3 is 2.86 bits per heavy atom. The number of hydrogen-bond acceptors (Lipinski definition) is 5. The zero-order valence-electron chi connectivity index (χ0n) is 12.4. The van der Waals surface area contributed by atoms with Crippen molar-refractivity contribution in [1.29, 1.82) is 0 Å². The van der Waals surface area contributed by atoms with E-state index in [0.29, 0.717) is 25.3 Å². The zero-order valence-corrected chi connectivity index (χ0v) is 12.4. The van der Waals surface area contributed by atoms with Crippen LogP contribution >= 0.6 is 0 Å². The van der Waals surface area contributed by atoms with E-state index in [2.05, 4.69) is 15.1 Å². The van der Waals surface area contributed by atoms with Crippen molar-refractivity contribution in [2.75, 3.05) is 26.2 Å². The largest absolute Gasteiger partial charge is 0.387 e. The van der Waals surface area contributed by atoms with E-state index in [1.54, 1.807) is 18.5 Å². The van der Waals surface area contributed by atoms with E-state index in [1.165, 1.54) is 12.1 Å². The van der Waals surface area contributed by atoms with Crippen LogP contribution in [0.15, 0.2) is 30.6 Å². The Balaban J connectivity index is 1.63. The van der Waals surface area contributed by atoms with E-state index in [1.807, 2.05) is 11.6 Å². The minimum Gasteiger partial charge on any atom is -0.387 e. The minimum absolute atomic E-state index is 0.151. The lowest BCUT2D eigenvalue weighted by molar-refractivity contribution is -0.0474. The Morgan fingerprint density at radius 2 is 2.18 bits per heavy atom. The van der Waals surface area contributed by atoms with Gasteiger partial charge in [0, 0.05) is 26.7 Å². The van der Waals surface area contributed by atoms with Crippen molar-refractivity contribution in [1.82, 2.24) is 19.7 Å². The number of ether oxygens (including phenoxy) is 1. The summed E-state index contributed by atoms with van der Waals surface area (Å²) >= 11 is 0. The van der Waals surface area contributed by atoms with Gasteiger partial charge in [-0.2, -0.15) is 0 Å². The first-order chi connectivity index (χ1) is 10.6. The number of benzene rings is 1. The fourth-order valence-electron chi connectivity index (χ4n) is 2.64. The molecular weight excluding hydrogens is 287 g/mol. The third-order valence-corrected chi connectivity index (χ3v) is 3.87. The molecule has 0 amide bonds. The molecule has 1 aliphatic heterocycles. The van der Waals surface area contributed by atoms with Crippen molar-refractivity contribution >= 4 is 0 Å². The van der Waals surface area contributed by atoms with Gasteiger partial charge in [0.2, 0.25) is 0 Å². The summed E-state index contributed by atoms with van der Waals surface area (Å²) in [6.07, 6.45) is 0.839. The molecule has 2 atom stereocenters. The summed E-state index contributed by atoms with van der Waals surface area (Å²) in [4.78, 5) is 2.12. The second-order valence-electron chi connectivity index (χ2n) is 5.49. The molecule has 1 N–H and O–H groups in total. The third-order valence-electron chi connectivity index (χ3n) is 3.87. The van der Waals surface area contributed by atoms with E-state index in [0.717, 1.165) is 12.4 Å². The van der Waals surface area contributed by atoms with E-state index in [9.17, 15) is 9.50 Å². The Labute approximate surface area is 128 Å². The highest BCUT2D eigenvalue weighted by Gasteiger charge is 2.26. The standard InChI is InChI=1S/C15H19FN4O2/c1-19-10-17-18-15(19)14-9-20(6-7-22-14)8-13(21)11-2-4-12(16)5-3-11/h2-5,10,13-14,21H,6-9H2,1H3/t13-,14+/m1/s1. The summed E-state index contributed by atoms with van der Waals surface area (Å²) in [6.45, 7) is 2.44. The van der Waals surface area contributed by atoms with E-state index in [-0.39, 0.29) is 11.9 Å². The van der Waals surface area contributed by atoms with Crippen molar-refractivity contribution < 1.29 is 14.2 Å². The van der Waals surface area contributed by atoms with Crippen LogP contribution < -0.4 is 0 Å². The van der Waals surface area contributed by atoms with Crippen LogP contribution in [0, 0.1) is 5.82 Å². The molecule has 3 rings (SSSR count). The molecule has 22 heavy (non-hydrogen) atoms. The summed E-state index contributed by atoms with van der Waals surface area (Å²) in [5.74, 6) is 0.477. The zero-order chi connectivity index (χ0) is 15.5. The molecule has 0 bridgehead atoms. The van der Waals surface area contributed by atoms with Crippen LogP contribution in [0.3, 0.4) is 0 Å². The number of halogens is 1. The molecule has 118 valence electrons. The molecule has 7 heteroatoms. The van der Waals surface area contributed by atoms with Crippen molar-refractivity contribution in [3.63, 3.8) is 0 Å². The second-order valence-corrected chi connectivity index (χ2v) is 5.49. The van der Waals surface area contributed by atoms with Crippen LogP contribution in [0.25, 0.3) is 0 Å². The number of rotatable bonds is 4. The predicted molar refractivity (Wildman–Crippen MR) is 77.5 cm³/mol. The summed E-state index contributed by atoms with van der Waals surface area (Å²) in [7, 11) is 1.88. The molecule has 1 saturated heterocycles. The maximum absolute atomic E-state index is 12.9. The molecular formula is C15H19FN4O2. The molecule has 1 fully saturated rings. The first kappa shape index (κ1) is 15.1. The lowest BCUT2D eigenvalue weighted by Crippen LogP contribution is -2.41. The van der Waals surface area contributed by atoms with Gasteiger partial charge >= 0.3 is 0 Å². The normalized spacial score (nSPS) is 21.0. The van der Waals surface area contributed by atoms with Gasteiger partial charge in [0.05, 0.1) is 12.7 Å². The van der Waals surface area contributed by atoms with Crippen LogP contribution in [0.5, 0.6) is 0 Å². The first-order valence-electron chi connectivity index (χ1n) is 7.25. The maximum Gasteiger partial charge on any atom is 0.163 e. The number of nitrogens with zero attached hydrogens (tertiary/aromatic N) is 4. The SMILES string of the molecule is Cn1cnnc1[C@@H]1CN(C[C@@H](O)c2ccc(F)cc2)CCO1. The molecule has 2 heterocycles. The fourth-order valence-corrected chi connectivity index (χ4v) is 2.64. The molecule has 0 aliphatic carbocycles. The first-order valence-corrected chi connectivity index (χ1v) is 7.25. The summed E-state index contributed by atoms with van der Waals surface area (Å²) < 4.78 is 20.5. The highest BCUT2D eigenvalue weighted by Crippen LogP contribution is 2.22. The average molecular weight is 306 g/mol. The molecule has 1 aromatic heterocycles. The fraction of sp³-hybridized carbons (Fsp3) is 0.467. The van der Waals surface area contributed by atoms with Crippen molar-refractivity contribution in [2.24, 2.45) is 7.05 Å². The van der Waals surface area contributed by atoms with Crippen molar-refractivity contribution in [3.05, 3.63) is 47.8 Å². The van der Waals surface area contributed by atoms with Gasteiger partial charge in [0.15, 0.2) is 5.82 Å². The number of β-amino-alcohol motifs (C(OH)–C–C–N with tert-alkyl or cyclic N) is 1. The number of aromatic nitrogens is 3. The van der Waals surface area contributed by atoms with Crippen molar-refractivity contribution in [3.8, 4) is 0 Å². The van der Waals surface area contributed by atoms with Crippen LogP contribution in [0.4, 0.5) is 4.39 Å². The number of hydrogen-bond donors (Lipinski definition) is 1. The molecule has 0 saturated carbocycles. The van der Waals surface area contributed by atoms with Crippen LogP contribution in [0.1, 0.15) is 23.6 Å². The van der Waals surface area contributed by atoms with Crippen molar-refractivity contribution in [2.45, 2.75) is 12.2 Å². The molecule has 0 unspecified atom stereocenters. The Bertz CT molecular complexity index is 616. The molecule has 0 spiro atoms. The summed E-state index contributed by atoms with van der Waals surface area (Å²) in [6, 6.07) is 5.95. The highest BCUT2D eigenvalue weighted by atomic mass is 19.1. The van der Waals surface area contributed by atoms with E-state index in [4.69, 9.17) is 4.74 Å². The van der Waals surface area contributed by atoms with Gasteiger partial charge in [-0.1, -0.05) is 12.1 Å². The van der Waals surface area contributed by atoms with E-state index < -0.39 is 6.10 Å². The Morgan fingerprint density at radius 1 is 1.41 bits per heavy atom. The minimum atomic E-state index is -0.654. The van der Waals surface area contributed by atoms with Gasteiger partial charge in [0.25, 0.3) is 0 Å². The molecule has 2 aromatic rings. The highest BCUT2D eigenvalue weighted by molar-refractivity contribution is 5.18. The number of morpholine rings is 1. The molecule has 1 aliphatic rings. The van der Waals surface area contributed by atoms with E-state index >= 15 is 0 Å². The maximum atomic E-state index is 12.9. The number of aliphatic hydroxyl groups excluding tert-OH is 1. The lowest BCUT2D eigenvalue weighted by Gasteiger charge is -2.33. The van der Waals surface area contributed by atoms with Gasteiger partial charge < -0.3 is 14.4 Å². The summed E-state index contributed by atoms with van der Waals surface area (Å²) in [5, 5.41) is 18.2. The van der Waals surface area contributed by atoms with Crippen LogP contribution in [-0.4, -0.2) is 51.0 Å². The smallest absolute Gasteiger partial charge is 0.163 e. The average Bonchev–Trinajstić information content (AvgIpc) is 2.94. The number of aliphatic hydroxyl groups is 1. The number of aryl methyl sites for hydroxylation is 1. The lowest BCUT2D eigenvalue weighted by atomic mass is 10.1. The topological polar surface area (TPSA) is 63.4 Å². The summed E-state index contributed by atoms with van der Waals surface area (Å²) in [5.41, 5.74) is 0.711. The monoisotopic (exact) mass is 306 g/mol. The van der Waals surface area contributed by atoms with Crippen LogP contribution in [0.2, 0.25) is 0 Å². The third kappa shape index (κ3) is 3.32. The van der Waals surface area contributed by atoms with Gasteiger partial charge in [-0.05, 0) is 17.7 Å². The Kier molecular flexibility index (Phi) is 4.47. The van der Waals surface area contributed by atoms with Gasteiger partial charge in [-0.15, -0.1) is 10.2 Å².